The molecule has 0 aromatic heterocycles. The molecule has 0 fully saturated rings. The van der Waals surface area contributed by atoms with E-state index < -0.39 is 0 Å². The minimum absolute atomic E-state index is 0.0242. The smallest absolute Gasteiger partial charge is 0.167 e. The first-order valence-corrected chi connectivity index (χ1v) is 6.32. The van der Waals surface area contributed by atoms with Crippen molar-refractivity contribution in [1.82, 2.24) is 5.32 Å². The van der Waals surface area contributed by atoms with Crippen LogP contribution in [-0.4, -0.2) is 7.05 Å². The number of halogens is 1. The summed E-state index contributed by atoms with van der Waals surface area (Å²) in [4.78, 5) is 0. The largest absolute Gasteiger partial charge is 0.454 e. The highest BCUT2D eigenvalue weighted by atomic mass is 19.1. The van der Waals surface area contributed by atoms with Crippen LogP contribution in [0.15, 0.2) is 42.5 Å². The number of para-hydroxylation sites is 1. The van der Waals surface area contributed by atoms with Crippen molar-refractivity contribution < 1.29 is 9.13 Å². The van der Waals surface area contributed by atoms with Crippen molar-refractivity contribution >= 4 is 0 Å². The van der Waals surface area contributed by atoms with Gasteiger partial charge in [-0.2, -0.15) is 0 Å². The van der Waals surface area contributed by atoms with E-state index in [0.29, 0.717) is 5.75 Å². The van der Waals surface area contributed by atoms with Crippen molar-refractivity contribution in [1.29, 1.82) is 0 Å². The molecule has 0 spiro atoms. The van der Waals surface area contributed by atoms with Gasteiger partial charge >= 0.3 is 0 Å². The molecule has 0 saturated carbocycles. The van der Waals surface area contributed by atoms with Crippen LogP contribution in [0.5, 0.6) is 11.5 Å². The molecular weight excluding hydrogens is 241 g/mol. The third kappa shape index (κ3) is 3.12. The second-order valence-electron chi connectivity index (χ2n) is 4.58. The van der Waals surface area contributed by atoms with Gasteiger partial charge in [0.25, 0.3) is 0 Å². The van der Waals surface area contributed by atoms with Crippen LogP contribution < -0.4 is 10.1 Å². The quantitative estimate of drug-likeness (QED) is 0.888. The number of nitrogens with one attached hydrogen (secondary N) is 1. The molecule has 0 aliphatic heterocycles. The normalized spacial score (nSPS) is 12.2. The van der Waals surface area contributed by atoms with Crippen LogP contribution in [0.3, 0.4) is 0 Å². The van der Waals surface area contributed by atoms with Crippen LogP contribution in [0, 0.1) is 12.7 Å². The molecule has 0 bridgehead atoms. The monoisotopic (exact) mass is 259 g/mol. The second kappa shape index (κ2) is 5.85. The van der Waals surface area contributed by atoms with Gasteiger partial charge in [-0.3, -0.25) is 0 Å². The fourth-order valence-electron chi connectivity index (χ4n) is 1.85. The molecule has 0 aliphatic rings. The van der Waals surface area contributed by atoms with Crippen LogP contribution in [0.25, 0.3) is 0 Å². The SMILES string of the molecule is CNC(C)c1cccc(F)c1Oc1ccc(C)cc1. The van der Waals surface area contributed by atoms with Crippen LogP contribution in [-0.2, 0) is 0 Å². The van der Waals surface area contributed by atoms with E-state index in [1.54, 1.807) is 6.07 Å². The first-order chi connectivity index (χ1) is 9.11. The Balaban J connectivity index is 2.35. The molecule has 1 unspecified atom stereocenters. The molecule has 3 heteroatoms. The average molecular weight is 259 g/mol. The Morgan fingerprint density at radius 3 is 2.42 bits per heavy atom. The summed E-state index contributed by atoms with van der Waals surface area (Å²) in [5.74, 6) is 0.577. The van der Waals surface area contributed by atoms with Gasteiger partial charge in [-0.15, -0.1) is 0 Å². The minimum Gasteiger partial charge on any atom is -0.454 e. The molecule has 0 saturated heterocycles. The number of benzene rings is 2. The molecule has 0 heterocycles. The maximum Gasteiger partial charge on any atom is 0.167 e. The lowest BCUT2D eigenvalue weighted by Gasteiger charge is -2.17. The summed E-state index contributed by atoms with van der Waals surface area (Å²) in [7, 11) is 1.84. The fourth-order valence-corrected chi connectivity index (χ4v) is 1.85. The fraction of sp³-hybridized carbons (Fsp3) is 0.250. The Kier molecular flexibility index (Phi) is 4.17. The summed E-state index contributed by atoms with van der Waals surface area (Å²) in [6, 6.07) is 12.6. The van der Waals surface area contributed by atoms with E-state index >= 15 is 0 Å². The van der Waals surface area contributed by atoms with Crippen LogP contribution in [0.1, 0.15) is 24.1 Å². The molecule has 2 nitrogen and oxygen atoms in total. The van der Waals surface area contributed by atoms with Crippen molar-refractivity contribution in [2.24, 2.45) is 0 Å². The molecule has 0 amide bonds. The van der Waals surface area contributed by atoms with E-state index in [9.17, 15) is 4.39 Å². The molecule has 0 radical (unpaired) electrons. The molecular formula is C16H18FNO. The average Bonchev–Trinajstić information content (AvgIpc) is 2.42. The second-order valence-corrected chi connectivity index (χ2v) is 4.58. The molecule has 19 heavy (non-hydrogen) atoms. The highest BCUT2D eigenvalue weighted by molar-refractivity contribution is 5.41. The van der Waals surface area contributed by atoms with Gasteiger partial charge in [-0.05, 0) is 39.1 Å². The number of ether oxygens (including phenoxy) is 1. The molecule has 2 rings (SSSR count). The topological polar surface area (TPSA) is 21.3 Å². The van der Waals surface area contributed by atoms with Gasteiger partial charge < -0.3 is 10.1 Å². The lowest BCUT2D eigenvalue weighted by molar-refractivity contribution is 0.428. The Hall–Kier alpha value is -1.87. The number of rotatable bonds is 4. The van der Waals surface area contributed by atoms with Crippen molar-refractivity contribution in [3.63, 3.8) is 0 Å². The zero-order valence-corrected chi connectivity index (χ0v) is 11.4. The van der Waals surface area contributed by atoms with Gasteiger partial charge in [0.15, 0.2) is 11.6 Å². The first-order valence-electron chi connectivity index (χ1n) is 6.32. The Morgan fingerprint density at radius 2 is 1.79 bits per heavy atom. The number of hydrogen-bond donors (Lipinski definition) is 1. The predicted molar refractivity (Wildman–Crippen MR) is 75.1 cm³/mol. The van der Waals surface area contributed by atoms with Gasteiger partial charge in [0.1, 0.15) is 5.75 Å². The zero-order chi connectivity index (χ0) is 13.8. The molecule has 1 N–H and O–H groups in total. The van der Waals surface area contributed by atoms with E-state index in [4.69, 9.17) is 4.74 Å². The number of aryl methyl sites for hydroxylation is 1. The van der Waals surface area contributed by atoms with E-state index in [0.717, 1.165) is 11.1 Å². The molecule has 100 valence electrons. The van der Waals surface area contributed by atoms with Crippen LogP contribution >= 0.6 is 0 Å². The van der Waals surface area contributed by atoms with E-state index in [1.165, 1.54) is 6.07 Å². The van der Waals surface area contributed by atoms with Crippen LogP contribution in [0.4, 0.5) is 4.39 Å². The van der Waals surface area contributed by atoms with Gasteiger partial charge in [-0.25, -0.2) is 4.39 Å². The maximum absolute atomic E-state index is 14.0. The Labute approximate surface area is 113 Å². The van der Waals surface area contributed by atoms with E-state index in [2.05, 4.69) is 5.32 Å². The van der Waals surface area contributed by atoms with Crippen molar-refractivity contribution in [3.05, 3.63) is 59.4 Å². The standard InChI is InChI=1S/C16H18FNO/c1-11-7-9-13(10-8-11)19-16-14(12(2)18-3)5-4-6-15(16)17/h4-10,12,18H,1-3H3. The van der Waals surface area contributed by atoms with Gasteiger partial charge in [0.2, 0.25) is 0 Å². The maximum atomic E-state index is 14.0. The molecule has 0 aliphatic carbocycles. The summed E-state index contributed by atoms with van der Waals surface area (Å²) < 4.78 is 19.7. The third-order valence-corrected chi connectivity index (χ3v) is 3.14. The summed E-state index contributed by atoms with van der Waals surface area (Å²) >= 11 is 0. The highest BCUT2D eigenvalue weighted by Gasteiger charge is 2.15. The van der Waals surface area contributed by atoms with Crippen molar-refractivity contribution in [2.75, 3.05) is 7.05 Å². The zero-order valence-electron chi connectivity index (χ0n) is 11.4. The van der Waals surface area contributed by atoms with Crippen molar-refractivity contribution in [2.45, 2.75) is 19.9 Å². The van der Waals surface area contributed by atoms with E-state index in [1.807, 2.05) is 51.2 Å². The summed E-state index contributed by atoms with van der Waals surface area (Å²) in [5.41, 5.74) is 1.95. The first kappa shape index (κ1) is 13.6. The summed E-state index contributed by atoms with van der Waals surface area (Å²) in [6.45, 7) is 3.97. The van der Waals surface area contributed by atoms with Crippen LogP contribution in [0.2, 0.25) is 0 Å². The Bertz CT molecular complexity index is 551. The van der Waals surface area contributed by atoms with Crippen molar-refractivity contribution in [3.8, 4) is 11.5 Å². The Morgan fingerprint density at radius 1 is 1.11 bits per heavy atom. The third-order valence-electron chi connectivity index (χ3n) is 3.14. The highest BCUT2D eigenvalue weighted by Crippen LogP contribution is 2.32. The summed E-state index contributed by atoms with van der Waals surface area (Å²) in [6.07, 6.45) is 0. The molecule has 1 atom stereocenters. The lowest BCUT2D eigenvalue weighted by atomic mass is 10.1. The van der Waals surface area contributed by atoms with Gasteiger partial charge in [0, 0.05) is 11.6 Å². The minimum atomic E-state index is -0.347. The van der Waals surface area contributed by atoms with E-state index in [-0.39, 0.29) is 17.6 Å². The predicted octanol–water partition coefficient (Wildman–Crippen LogP) is 4.21. The number of hydrogen-bond acceptors (Lipinski definition) is 2. The lowest BCUT2D eigenvalue weighted by Crippen LogP contribution is -2.13. The summed E-state index contributed by atoms with van der Waals surface area (Å²) in [5, 5.41) is 3.10. The van der Waals surface area contributed by atoms with Gasteiger partial charge in [-0.1, -0.05) is 29.8 Å². The molecule has 2 aromatic rings. The molecule has 2 aromatic carbocycles. The van der Waals surface area contributed by atoms with Gasteiger partial charge in [0.05, 0.1) is 0 Å².